The first-order chi connectivity index (χ1) is 10.9. The van der Waals surface area contributed by atoms with Gasteiger partial charge in [-0.3, -0.25) is 4.98 Å². The van der Waals surface area contributed by atoms with Crippen molar-refractivity contribution in [1.82, 2.24) is 4.98 Å². The average molecular weight is 309 g/mol. The van der Waals surface area contributed by atoms with Gasteiger partial charge < -0.3 is 4.74 Å². The van der Waals surface area contributed by atoms with E-state index in [0.717, 1.165) is 30.2 Å². The maximum absolute atomic E-state index is 5.77. The number of hydrogen-bond donors (Lipinski definition) is 0. The molecule has 0 radical (unpaired) electrons. The van der Waals surface area contributed by atoms with Crippen molar-refractivity contribution in [2.75, 3.05) is 6.61 Å². The molecule has 3 heteroatoms. The Balaban J connectivity index is 1.73. The van der Waals surface area contributed by atoms with Crippen molar-refractivity contribution < 1.29 is 4.74 Å². The Morgan fingerprint density at radius 2 is 1.86 bits per heavy atom. The first kappa shape index (κ1) is 14.9. The highest BCUT2D eigenvalue weighted by Crippen LogP contribution is 2.28. The summed E-state index contributed by atoms with van der Waals surface area (Å²) in [5, 5.41) is 2.55. The smallest absolute Gasteiger partial charge is 0.141 e. The van der Waals surface area contributed by atoms with Gasteiger partial charge in [-0.2, -0.15) is 0 Å². The predicted molar refractivity (Wildman–Crippen MR) is 93.5 cm³/mol. The molecule has 1 aromatic heterocycles. The largest absolute Gasteiger partial charge is 0.492 e. The second-order valence-corrected chi connectivity index (χ2v) is 6.14. The molecule has 0 aliphatic carbocycles. The number of fused-ring (bicyclic) bond motifs is 1. The van der Waals surface area contributed by atoms with Crippen molar-refractivity contribution >= 4 is 22.5 Å². The molecule has 0 saturated heterocycles. The molecule has 0 aliphatic heterocycles. The Labute approximate surface area is 135 Å². The maximum atomic E-state index is 5.77. The number of nitrogens with zero attached hydrogens (tertiary/aromatic N) is 1. The highest BCUT2D eigenvalue weighted by molar-refractivity contribution is 7.98. The zero-order valence-corrected chi connectivity index (χ0v) is 13.5. The third kappa shape index (κ3) is 3.60. The molecule has 0 N–H and O–H groups in total. The molecule has 22 heavy (non-hydrogen) atoms. The van der Waals surface area contributed by atoms with E-state index >= 15 is 0 Å². The van der Waals surface area contributed by atoms with Gasteiger partial charge in [0, 0.05) is 16.8 Å². The first-order valence-electron chi connectivity index (χ1n) is 7.55. The fraction of sp³-hybridized carbons (Fsp3) is 0.211. The molecular formula is C19H19NOS. The van der Waals surface area contributed by atoms with Crippen LogP contribution < -0.4 is 4.74 Å². The number of ether oxygens (including phenoxy) is 1. The molecule has 0 atom stereocenters. The molecule has 1 heterocycles. The van der Waals surface area contributed by atoms with E-state index < -0.39 is 0 Å². The van der Waals surface area contributed by atoms with Gasteiger partial charge in [-0.1, -0.05) is 37.3 Å². The zero-order chi connectivity index (χ0) is 15.2. The highest BCUT2D eigenvalue weighted by atomic mass is 32.2. The summed E-state index contributed by atoms with van der Waals surface area (Å²) in [5.41, 5.74) is 1.01. The normalized spacial score (nSPS) is 10.8. The van der Waals surface area contributed by atoms with E-state index in [-0.39, 0.29) is 0 Å². The minimum atomic E-state index is 0.735. The summed E-state index contributed by atoms with van der Waals surface area (Å²) in [6, 6.07) is 18.9. The van der Waals surface area contributed by atoms with Gasteiger partial charge in [-0.15, -0.1) is 11.8 Å². The molecule has 0 aliphatic rings. The minimum Gasteiger partial charge on any atom is -0.492 e. The Hall–Kier alpha value is -2.00. The summed E-state index contributed by atoms with van der Waals surface area (Å²) >= 11 is 1.79. The van der Waals surface area contributed by atoms with Crippen LogP contribution in [-0.2, 0) is 5.75 Å². The molecule has 0 fully saturated rings. The molecule has 3 aromatic rings. The van der Waals surface area contributed by atoms with E-state index in [1.807, 2.05) is 18.3 Å². The fourth-order valence-electron chi connectivity index (χ4n) is 2.28. The lowest BCUT2D eigenvalue weighted by Gasteiger charge is -2.09. The lowest BCUT2D eigenvalue weighted by atomic mass is 10.1. The van der Waals surface area contributed by atoms with Crippen LogP contribution in [-0.4, -0.2) is 11.6 Å². The summed E-state index contributed by atoms with van der Waals surface area (Å²) in [6.07, 6.45) is 2.83. The van der Waals surface area contributed by atoms with Gasteiger partial charge in [-0.05, 0) is 41.5 Å². The lowest BCUT2D eigenvalue weighted by Crippen LogP contribution is -1.99. The highest BCUT2D eigenvalue weighted by Gasteiger charge is 2.06. The number of thioether (sulfide) groups is 1. The maximum Gasteiger partial charge on any atom is 0.141 e. The summed E-state index contributed by atoms with van der Waals surface area (Å²) in [4.78, 5) is 5.72. The number of benzene rings is 2. The second kappa shape index (κ2) is 7.32. The number of pyridine rings is 1. The minimum absolute atomic E-state index is 0.735. The van der Waals surface area contributed by atoms with Crippen LogP contribution in [0.3, 0.4) is 0 Å². The van der Waals surface area contributed by atoms with E-state index in [1.54, 1.807) is 11.8 Å². The third-order valence-electron chi connectivity index (χ3n) is 3.41. The molecule has 112 valence electrons. The van der Waals surface area contributed by atoms with Crippen LogP contribution in [0.25, 0.3) is 10.8 Å². The van der Waals surface area contributed by atoms with E-state index in [2.05, 4.69) is 54.4 Å². The molecule has 2 nitrogen and oxygen atoms in total. The zero-order valence-electron chi connectivity index (χ0n) is 12.7. The molecule has 0 spiro atoms. The van der Waals surface area contributed by atoms with E-state index in [9.17, 15) is 0 Å². The SMILES string of the molecule is CCCOc1cccnc1CSc1ccc2ccccc2c1. The Kier molecular flexibility index (Phi) is 4.96. The van der Waals surface area contributed by atoms with Crippen LogP contribution in [0.4, 0.5) is 0 Å². The van der Waals surface area contributed by atoms with Crippen LogP contribution >= 0.6 is 11.8 Å². The summed E-state index contributed by atoms with van der Waals surface area (Å²) < 4.78 is 5.77. The van der Waals surface area contributed by atoms with Crippen molar-refractivity contribution in [3.63, 3.8) is 0 Å². The van der Waals surface area contributed by atoms with Crippen LogP contribution in [0.15, 0.2) is 65.7 Å². The van der Waals surface area contributed by atoms with Crippen molar-refractivity contribution in [3.05, 3.63) is 66.5 Å². The predicted octanol–water partition coefficient (Wildman–Crippen LogP) is 5.32. The van der Waals surface area contributed by atoms with Gasteiger partial charge in [0.15, 0.2) is 0 Å². The molecular weight excluding hydrogens is 290 g/mol. The average Bonchev–Trinajstić information content (AvgIpc) is 2.58. The molecule has 0 bridgehead atoms. The Bertz CT molecular complexity index is 757. The van der Waals surface area contributed by atoms with Gasteiger partial charge in [-0.25, -0.2) is 0 Å². The second-order valence-electron chi connectivity index (χ2n) is 5.09. The monoisotopic (exact) mass is 309 g/mol. The fourth-order valence-corrected chi connectivity index (χ4v) is 3.18. The quantitative estimate of drug-likeness (QED) is 0.576. The third-order valence-corrected chi connectivity index (χ3v) is 4.41. The van der Waals surface area contributed by atoms with Gasteiger partial charge in [0.1, 0.15) is 5.75 Å². The molecule has 2 aromatic carbocycles. The van der Waals surface area contributed by atoms with Gasteiger partial charge in [0.2, 0.25) is 0 Å². The van der Waals surface area contributed by atoms with Crippen LogP contribution in [0, 0.1) is 0 Å². The lowest BCUT2D eigenvalue weighted by molar-refractivity contribution is 0.313. The topological polar surface area (TPSA) is 22.1 Å². The number of aromatic nitrogens is 1. The van der Waals surface area contributed by atoms with Gasteiger partial charge in [0.25, 0.3) is 0 Å². The Morgan fingerprint density at radius 1 is 1.00 bits per heavy atom. The standard InChI is InChI=1S/C19H19NOS/c1-2-12-21-19-8-5-11-20-18(19)14-22-17-10-9-15-6-3-4-7-16(15)13-17/h3-11,13H,2,12,14H2,1H3. The summed E-state index contributed by atoms with van der Waals surface area (Å²) in [7, 11) is 0. The Morgan fingerprint density at radius 3 is 2.73 bits per heavy atom. The molecule has 0 saturated carbocycles. The van der Waals surface area contributed by atoms with Crippen LogP contribution in [0.5, 0.6) is 5.75 Å². The number of hydrogen-bond acceptors (Lipinski definition) is 3. The van der Waals surface area contributed by atoms with Crippen molar-refractivity contribution in [2.24, 2.45) is 0 Å². The molecule has 0 amide bonds. The van der Waals surface area contributed by atoms with Gasteiger partial charge >= 0.3 is 0 Å². The molecule has 3 rings (SSSR count). The van der Waals surface area contributed by atoms with Crippen LogP contribution in [0.1, 0.15) is 19.0 Å². The summed E-state index contributed by atoms with van der Waals surface area (Å²) in [6.45, 7) is 2.85. The van der Waals surface area contributed by atoms with E-state index in [4.69, 9.17) is 4.74 Å². The van der Waals surface area contributed by atoms with E-state index in [0.29, 0.717) is 0 Å². The first-order valence-corrected chi connectivity index (χ1v) is 8.53. The van der Waals surface area contributed by atoms with Crippen molar-refractivity contribution in [3.8, 4) is 5.75 Å². The molecule has 0 unspecified atom stereocenters. The van der Waals surface area contributed by atoms with Crippen molar-refractivity contribution in [2.45, 2.75) is 24.0 Å². The van der Waals surface area contributed by atoms with Crippen molar-refractivity contribution in [1.29, 1.82) is 0 Å². The van der Waals surface area contributed by atoms with Gasteiger partial charge in [0.05, 0.1) is 12.3 Å². The summed E-state index contributed by atoms with van der Waals surface area (Å²) in [5.74, 6) is 1.72. The van der Waals surface area contributed by atoms with Crippen LogP contribution in [0.2, 0.25) is 0 Å². The number of rotatable bonds is 6. The van der Waals surface area contributed by atoms with E-state index in [1.165, 1.54) is 15.7 Å².